The molecule has 4 heteroatoms. The standard InChI is InChI=1S/C12H21N3O/c1-4-7-13-12(16)10-15-8-5-11(6-9-15)14(2)3/h1,11H,5-10H2,2-3H3,(H,13,16). The summed E-state index contributed by atoms with van der Waals surface area (Å²) in [4.78, 5) is 15.9. The number of hydrogen-bond acceptors (Lipinski definition) is 3. The third-order valence-electron chi connectivity index (χ3n) is 3.04. The van der Waals surface area contributed by atoms with Gasteiger partial charge < -0.3 is 10.2 Å². The molecule has 1 fully saturated rings. The summed E-state index contributed by atoms with van der Waals surface area (Å²) in [6, 6.07) is 0.657. The van der Waals surface area contributed by atoms with Gasteiger partial charge in [0.2, 0.25) is 5.91 Å². The molecule has 1 amide bonds. The highest BCUT2D eigenvalue weighted by atomic mass is 16.2. The average molecular weight is 223 g/mol. The number of nitrogens with one attached hydrogen (secondary N) is 1. The third-order valence-corrected chi connectivity index (χ3v) is 3.04. The summed E-state index contributed by atoms with van der Waals surface area (Å²) in [6.07, 6.45) is 7.35. The van der Waals surface area contributed by atoms with Crippen LogP contribution in [0.2, 0.25) is 0 Å². The first-order chi connectivity index (χ1) is 7.63. The van der Waals surface area contributed by atoms with Crippen LogP contribution in [0.5, 0.6) is 0 Å². The lowest BCUT2D eigenvalue weighted by Crippen LogP contribution is -2.45. The van der Waals surface area contributed by atoms with Crippen molar-refractivity contribution in [1.82, 2.24) is 15.1 Å². The van der Waals surface area contributed by atoms with E-state index in [1.165, 1.54) is 0 Å². The number of carbonyl (C=O) groups is 1. The quantitative estimate of drug-likeness (QED) is 0.668. The van der Waals surface area contributed by atoms with Crippen molar-refractivity contribution in [2.45, 2.75) is 18.9 Å². The molecule has 0 saturated carbocycles. The lowest BCUT2D eigenvalue weighted by atomic mass is 10.0. The Morgan fingerprint density at radius 1 is 1.50 bits per heavy atom. The van der Waals surface area contributed by atoms with Crippen LogP contribution in [0.1, 0.15) is 12.8 Å². The van der Waals surface area contributed by atoms with E-state index in [4.69, 9.17) is 6.42 Å². The van der Waals surface area contributed by atoms with E-state index in [2.05, 4.69) is 35.1 Å². The van der Waals surface area contributed by atoms with E-state index in [1.54, 1.807) is 0 Å². The second kappa shape index (κ2) is 6.51. The van der Waals surface area contributed by atoms with Crippen LogP contribution >= 0.6 is 0 Å². The summed E-state index contributed by atoms with van der Waals surface area (Å²) in [7, 11) is 4.22. The van der Waals surface area contributed by atoms with Crippen molar-refractivity contribution in [2.24, 2.45) is 0 Å². The molecule has 0 aromatic heterocycles. The number of rotatable bonds is 4. The molecule has 0 aromatic carbocycles. The molecule has 0 aliphatic carbocycles. The fourth-order valence-electron chi connectivity index (χ4n) is 2.00. The van der Waals surface area contributed by atoms with E-state index >= 15 is 0 Å². The van der Waals surface area contributed by atoms with Crippen LogP contribution in [-0.4, -0.2) is 62.0 Å². The Balaban J connectivity index is 2.22. The maximum absolute atomic E-state index is 11.4. The third kappa shape index (κ3) is 4.21. The van der Waals surface area contributed by atoms with E-state index in [9.17, 15) is 4.79 Å². The van der Waals surface area contributed by atoms with Crippen LogP contribution < -0.4 is 5.32 Å². The smallest absolute Gasteiger partial charge is 0.234 e. The lowest BCUT2D eigenvalue weighted by Gasteiger charge is -2.34. The number of amides is 1. The van der Waals surface area contributed by atoms with Gasteiger partial charge in [-0.15, -0.1) is 6.42 Å². The number of hydrogen-bond donors (Lipinski definition) is 1. The Hall–Kier alpha value is -1.05. The Kier molecular flexibility index (Phi) is 5.30. The van der Waals surface area contributed by atoms with Crippen molar-refractivity contribution >= 4 is 5.91 Å². The minimum Gasteiger partial charge on any atom is -0.344 e. The molecule has 0 radical (unpaired) electrons. The largest absolute Gasteiger partial charge is 0.344 e. The molecule has 16 heavy (non-hydrogen) atoms. The van der Waals surface area contributed by atoms with Crippen molar-refractivity contribution < 1.29 is 4.79 Å². The van der Waals surface area contributed by atoms with Gasteiger partial charge in [0.1, 0.15) is 0 Å². The Morgan fingerprint density at radius 3 is 2.62 bits per heavy atom. The minimum atomic E-state index is 0.0289. The van der Waals surface area contributed by atoms with Crippen LogP contribution in [-0.2, 0) is 4.79 Å². The zero-order valence-corrected chi connectivity index (χ0v) is 10.2. The van der Waals surface area contributed by atoms with Crippen LogP contribution in [0, 0.1) is 12.3 Å². The minimum absolute atomic E-state index is 0.0289. The van der Waals surface area contributed by atoms with Crippen LogP contribution in [0.3, 0.4) is 0 Å². The highest BCUT2D eigenvalue weighted by Gasteiger charge is 2.21. The predicted molar refractivity (Wildman–Crippen MR) is 65.0 cm³/mol. The molecule has 1 N–H and O–H groups in total. The molecule has 0 aromatic rings. The molecule has 90 valence electrons. The molecule has 0 atom stereocenters. The molecule has 1 aliphatic heterocycles. The maximum atomic E-state index is 11.4. The fraction of sp³-hybridized carbons (Fsp3) is 0.750. The summed E-state index contributed by atoms with van der Waals surface area (Å²) in [5.74, 6) is 2.43. The lowest BCUT2D eigenvalue weighted by molar-refractivity contribution is -0.122. The number of carbonyl (C=O) groups excluding carboxylic acids is 1. The second-order valence-electron chi connectivity index (χ2n) is 4.45. The maximum Gasteiger partial charge on any atom is 0.234 e. The Labute approximate surface area is 98.0 Å². The van der Waals surface area contributed by atoms with Crippen molar-refractivity contribution in [3.63, 3.8) is 0 Å². The van der Waals surface area contributed by atoms with Gasteiger partial charge in [-0.3, -0.25) is 9.69 Å². The van der Waals surface area contributed by atoms with Crippen LogP contribution in [0.4, 0.5) is 0 Å². The summed E-state index contributed by atoms with van der Waals surface area (Å²) < 4.78 is 0. The highest BCUT2D eigenvalue weighted by Crippen LogP contribution is 2.13. The highest BCUT2D eigenvalue weighted by molar-refractivity contribution is 5.78. The molecule has 1 saturated heterocycles. The van der Waals surface area contributed by atoms with Crippen molar-refractivity contribution in [1.29, 1.82) is 0 Å². The van der Waals surface area contributed by atoms with Gasteiger partial charge in [-0.1, -0.05) is 5.92 Å². The van der Waals surface area contributed by atoms with Gasteiger partial charge in [0, 0.05) is 19.1 Å². The molecule has 0 unspecified atom stereocenters. The summed E-state index contributed by atoms with van der Waals surface area (Å²) in [5, 5.41) is 2.69. The number of nitrogens with zero attached hydrogens (tertiary/aromatic N) is 2. The first-order valence-electron chi connectivity index (χ1n) is 5.72. The van der Waals surface area contributed by atoms with Crippen molar-refractivity contribution in [3.8, 4) is 12.3 Å². The monoisotopic (exact) mass is 223 g/mol. The predicted octanol–water partition coefficient (Wildman–Crippen LogP) is -0.238. The summed E-state index contributed by atoms with van der Waals surface area (Å²) in [6.45, 7) is 2.79. The Bertz CT molecular complexity index is 262. The normalized spacial score (nSPS) is 18.4. The van der Waals surface area contributed by atoms with E-state index in [1.807, 2.05) is 0 Å². The molecule has 0 bridgehead atoms. The van der Waals surface area contributed by atoms with E-state index in [0.717, 1.165) is 25.9 Å². The van der Waals surface area contributed by atoms with Gasteiger partial charge >= 0.3 is 0 Å². The Morgan fingerprint density at radius 2 is 2.12 bits per heavy atom. The molecule has 1 rings (SSSR count). The zero-order valence-electron chi connectivity index (χ0n) is 10.2. The zero-order chi connectivity index (χ0) is 12.0. The molecule has 0 spiro atoms. The van der Waals surface area contributed by atoms with Gasteiger partial charge in [0.05, 0.1) is 13.1 Å². The second-order valence-corrected chi connectivity index (χ2v) is 4.45. The molecule has 4 nitrogen and oxygen atoms in total. The van der Waals surface area contributed by atoms with Crippen LogP contribution in [0.25, 0.3) is 0 Å². The summed E-state index contributed by atoms with van der Waals surface area (Å²) in [5.41, 5.74) is 0. The number of likely N-dealkylation sites (tertiary alicyclic amines) is 1. The van der Waals surface area contributed by atoms with E-state index in [0.29, 0.717) is 19.1 Å². The van der Waals surface area contributed by atoms with Crippen LogP contribution in [0.15, 0.2) is 0 Å². The first kappa shape index (κ1) is 13.0. The van der Waals surface area contributed by atoms with E-state index < -0.39 is 0 Å². The molecule has 1 aliphatic rings. The number of piperidine rings is 1. The van der Waals surface area contributed by atoms with E-state index in [-0.39, 0.29) is 5.91 Å². The number of terminal acetylenes is 1. The van der Waals surface area contributed by atoms with Gasteiger partial charge in [-0.2, -0.15) is 0 Å². The molecular formula is C12H21N3O. The average Bonchev–Trinajstić information content (AvgIpc) is 2.27. The van der Waals surface area contributed by atoms with Gasteiger partial charge in [0.15, 0.2) is 0 Å². The van der Waals surface area contributed by atoms with Gasteiger partial charge in [0.25, 0.3) is 0 Å². The van der Waals surface area contributed by atoms with Gasteiger partial charge in [-0.05, 0) is 26.9 Å². The molecular weight excluding hydrogens is 202 g/mol. The topological polar surface area (TPSA) is 35.6 Å². The van der Waals surface area contributed by atoms with Crippen molar-refractivity contribution in [2.75, 3.05) is 40.3 Å². The first-order valence-corrected chi connectivity index (χ1v) is 5.72. The SMILES string of the molecule is C#CCNC(=O)CN1CCC(N(C)C)CC1. The fourth-order valence-corrected chi connectivity index (χ4v) is 2.00. The summed E-state index contributed by atoms with van der Waals surface area (Å²) >= 11 is 0. The van der Waals surface area contributed by atoms with Crippen molar-refractivity contribution in [3.05, 3.63) is 0 Å². The molecule has 1 heterocycles. The van der Waals surface area contributed by atoms with Gasteiger partial charge in [-0.25, -0.2) is 0 Å².